The minimum Gasteiger partial charge on any atom is -0.356 e. The summed E-state index contributed by atoms with van der Waals surface area (Å²) in [5, 5.41) is 10.7. The Balaban J connectivity index is 0.00000352. The van der Waals surface area contributed by atoms with E-state index in [1.54, 1.807) is 6.92 Å². The van der Waals surface area contributed by atoms with Crippen molar-refractivity contribution in [3.63, 3.8) is 0 Å². The molecule has 1 fully saturated rings. The number of hydrogen-bond acceptors (Lipinski definition) is 5. The van der Waals surface area contributed by atoms with Gasteiger partial charge >= 0.3 is 0 Å². The van der Waals surface area contributed by atoms with E-state index in [-0.39, 0.29) is 42.5 Å². The molecule has 1 saturated carbocycles. The van der Waals surface area contributed by atoms with Crippen molar-refractivity contribution in [2.45, 2.75) is 105 Å². The fourth-order valence-corrected chi connectivity index (χ4v) is 3.74. The number of carbonyl (C=O) groups excluding carboxylic acids is 5. The van der Waals surface area contributed by atoms with Crippen LogP contribution in [-0.2, 0) is 30.4 Å². The van der Waals surface area contributed by atoms with Gasteiger partial charge in [-0.25, -0.2) is 0 Å². The molecular formula is C29H46N4O5. The van der Waals surface area contributed by atoms with Gasteiger partial charge in [0.2, 0.25) is 23.5 Å². The Kier molecular flexibility index (Phi) is 14.3. The van der Waals surface area contributed by atoms with Gasteiger partial charge in [-0.2, -0.15) is 0 Å². The smallest absolute Gasteiger partial charge is 0.289 e. The molecule has 2 atom stereocenters. The summed E-state index contributed by atoms with van der Waals surface area (Å²) in [6, 6.07) is 7.51. The minimum atomic E-state index is -1.16. The van der Waals surface area contributed by atoms with E-state index in [0.29, 0.717) is 19.4 Å². The van der Waals surface area contributed by atoms with Gasteiger partial charge in [-0.3, -0.25) is 24.0 Å². The number of aryl methyl sites for hydroxylation is 1. The van der Waals surface area contributed by atoms with Crippen molar-refractivity contribution in [2.75, 3.05) is 6.54 Å². The first-order chi connectivity index (χ1) is 18.0. The van der Waals surface area contributed by atoms with Crippen molar-refractivity contribution in [3.8, 4) is 0 Å². The molecule has 2 unspecified atom stereocenters. The Bertz CT molecular complexity index is 923. The topological polar surface area (TPSA) is 133 Å². The van der Waals surface area contributed by atoms with Crippen LogP contribution in [0.4, 0.5) is 0 Å². The molecular weight excluding hydrogens is 484 g/mol. The van der Waals surface area contributed by atoms with Crippen molar-refractivity contribution < 1.29 is 24.0 Å². The largest absolute Gasteiger partial charge is 0.356 e. The van der Waals surface area contributed by atoms with Crippen LogP contribution in [-0.4, -0.2) is 54.1 Å². The van der Waals surface area contributed by atoms with E-state index in [0.717, 1.165) is 18.4 Å². The average molecular weight is 531 g/mol. The molecule has 0 aromatic heterocycles. The monoisotopic (exact) mass is 530 g/mol. The first-order valence-corrected chi connectivity index (χ1v) is 13.7. The van der Waals surface area contributed by atoms with E-state index in [1.165, 1.54) is 0 Å². The van der Waals surface area contributed by atoms with Crippen molar-refractivity contribution in [1.82, 2.24) is 21.3 Å². The molecule has 0 saturated heterocycles. The minimum absolute atomic E-state index is 0.0151. The highest BCUT2D eigenvalue weighted by molar-refractivity contribution is 6.38. The van der Waals surface area contributed by atoms with E-state index >= 15 is 0 Å². The molecule has 9 nitrogen and oxygen atoms in total. The van der Waals surface area contributed by atoms with Gasteiger partial charge in [0.25, 0.3) is 5.91 Å². The summed E-state index contributed by atoms with van der Waals surface area (Å²) < 4.78 is 0. The second-order valence-electron chi connectivity index (χ2n) is 10.5. The summed E-state index contributed by atoms with van der Waals surface area (Å²) >= 11 is 0. The van der Waals surface area contributed by atoms with Crippen LogP contribution >= 0.6 is 0 Å². The molecule has 1 aliphatic rings. The second kappa shape index (κ2) is 16.6. The number of benzene rings is 1. The van der Waals surface area contributed by atoms with Gasteiger partial charge in [0.1, 0.15) is 6.04 Å². The summed E-state index contributed by atoms with van der Waals surface area (Å²) in [6.07, 6.45) is 2.68. The fourth-order valence-electron chi connectivity index (χ4n) is 3.74. The lowest BCUT2D eigenvalue weighted by Crippen LogP contribution is -2.55. The molecule has 1 aliphatic carbocycles. The molecule has 212 valence electrons. The van der Waals surface area contributed by atoms with Crippen LogP contribution in [0, 0.1) is 5.41 Å². The standard InChI is InChI=1S/C27H40N4O5.C2H6/c1-5-28-22(32)16-14-20(24(34)26(36)29-19-12-13-19)31-25(35)21(17-27(2,3)4)30-23(33)15-11-18-9-7-6-8-10-18;1-2/h6-10,19-21H,5,11-17H2,1-4H3,(H,28,32)(H,29,36)(H,30,33)(H,31,35);1-2H3. The van der Waals surface area contributed by atoms with E-state index in [4.69, 9.17) is 0 Å². The summed E-state index contributed by atoms with van der Waals surface area (Å²) in [4.78, 5) is 63.2. The van der Waals surface area contributed by atoms with E-state index in [9.17, 15) is 24.0 Å². The van der Waals surface area contributed by atoms with Crippen LogP contribution in [0.2, 0.25) is 0 Å². The fraction of sp³-hybridized carbons (Fsp3) is 0.621. The molecule has 0 radical (unpaired) electrons. The predicted molar refractivity (Wildman–Crippen MR) is 148 cm³/mol. The van der Waals surface area contributed by atoms with Gasteiger partial charge < -0.3 is 21.3 Å². The first kappa shape index (κ1) is 32.8. The number of rotatable bonds is 14. The van der Waals surface area contributed by atoms with E-state index < -0.39 is 29.7 Å². The van der Waals surface area contributed by atoms with E-state index in [2.05, 4.69) is 21.3 Å². The lowest BCUT2D eigenvalue weighted by Gasteiger charge is -2.28. The van der Waals surface area contributed by atoms with Crippen LogP contribution in [0.1, 0.15) is 85.6 Å². The summed E-state index contributed by atoms with van der Waals surface area (Å²) in [6.45, 7) is 12.1. The Morgan fingerprint density at radius 2 is 1.53 bits per heavy atom. The summed E-state index contributed by atoms with van der Waals surface area (Å²) in [7, 11) is 0. The quantitative estimate of drug-likeness (QED) is 0.275. The normalized spacial score (nSPS) is 14.2. The maximum atomic E-state index is 13.3. The maximum absolute atomic E-state index is 13.3. The number of hydrogen-bond donors (Lipinski definition) is 4. The number of Topliss-reactive ketones (excluding diaryl/α,β-unsaturated/α-hetero) is 1. The number of carbonyl (C=O) groups is 5. The maximum Gasteiger partial charge on any atom is 0.289 e. The second-order valence-corrected chi connectivity index (χ2v) is 10.5. The molecule has 4 N–H and O–H groups in total. The Labute approximate surface area is 227 Å². The third-order valence-electron chi connectivity index (χ3n) is 5.76. The Morgan fingerprint density at radius 1 is 0.895 bits per heavy atom. The highest BCUT2D eigenvalue weighted by Crippen LogP contribution is 2.22. The molecule has 4 amide bonds. The molecule has 38 heavy (non-hydrogen) atoms. The molecule has 0 heterocycles. The molecule has 1 aromatic rings. The van der Waals surface area contributed by atoms with Crippen LogP contribution < -0.4 is 21.3 Å². The summed E-state index contributed by atoms with van der Waals surface area (Å²) in [5.74, 6) is -2.65. The zero-order valence-electron chi connectivity index (χ0n) is 23.8. The third kappa shape index (κ3) is 13.4. The van der Waals surface area contributed by atoms with Gasteiger partial charge in [0, 0.05) is 25.4 Å². The van der Waals surface area contributed by atoms with Crippen molar-refractivity contribution >= 4 is 29.4 Å². The molecule has 1 aromatic carbocycles. The number of amides is 4. The number of nitrogens with one attached hydrogen (secondary N) is 4. The average Bonchev–Trinajstić information content (AvgIpc) is 3.69. The molecule has 0 aliphatic heterocycles. The molecule has 9 heteroatoms. The van der Waals surface area contributed by atoms with Crippen LogP contribution in [0.3, 0.4) is 0 Å². The van der Waals surface area contributed by atoms with Crippen molar-refractivity contribution in [2.24, 2.45) is 5.41 Å². The third-order valence-corrected chi connectivity index (χ3v) is 5.76. The Morgan fingerprint density at radius 3 is 2.08 bits per heavy atom. The van der Waals surface area contributed by atoms with Gasteiger partial charge in [0.15, 0.2) is 0 Å². The highest BCUT2D eigenvalue weighted by atomic mass is 16.2. The molecule has 0 spiro atoms. The Hall–Kier alpha value is -3.23. The van der Waals surface area contributed by atoms with E-state index in [1.807, 2.05) is 65.0 Å². The summed E-state index contributed by atoms with van der Waals surface area (Å²) in [5.41, 5.74) is 0.723. The van der Waals surface area contributed by atoms with Gasteiger partial charge in [-0.15, -0.1) is 0 Å². The lowest BCUT2D eigenvalue weighted by molar-refractivity contribution is -0.141. The SMILES string of the molecule is CC.CCNC(=O)CCC(NC(=O)C(CC(C)(C)C)NC(=O)CCc1ccccc1)C(=O)C(=O)NC1CC1. The highest BCUT2D eigenvalue weighted by Gasteiger charge is 2.34. The first-order valence-electron chi connectivity index (χ1n) is 13.7. The lowest BCUT2D eigenvalue weighted by atomic mass is 9.87. The van der Waals surface area contributed by atoms with Gasteiger partial charge in [-0.05, 0) is 50.0 Å². The van der Waals surface area contributed by atoms with Crippen LogP contribution in [0.25, 0.3) is 0 Å². The van der Waals surface area contributed by atoms with Gasteiger partial charge in [-0.1, -0.05) is 65.0 Å². The molecule has 0 bridgehead atoms. The zero-order chi connectivity index (χ0) is 28.7. The predicted octanol–water partition coefficient (Wildman–Crippen LogP) is 2.82. The number of ketones is 1. The van der Waals surface area contributed by atoms with Crippen LogP contribution in [0.15, 0.2) is 30.3 Å². The zero-order valence-corrected chi connectivity index (χ0v) is 23.8. The van der Waals surface area contributed by atoms with Crippen molar-refractivity contribution in [1.29, 1.82) is 0 Å². The van der Waals surface area contributed by atoms with Crippen LogP contribution in [0.5, 0.6) is 0 Å². The van der Waals surface area contributed by atoms with Crippen molar-refractivity contribution in [3.05, 3.63) is 35.9 Å². The van der Waals surface area contributed by atoms with Gasteiger partial charge in [0.05, 0.1) is 6.04 Å². The molecule has 2 rings (SSSR count).